The molecule has 5 heteroatoms. The molecular formula is C21H18BrN3O. The van der Waals surface area contributed by atoms with Crippen LogP contribution in [0.3, 0.4) is 0 Å². The smallest absolute Gasteiger partial charge is 0.150 e. The summed E-state index contributed by atoms with van der Waals surface area (Å²) < 4.78 is 5.55. The predicted octanol–water partition coefficient (Wildman–Crippen LogP) is 5.25. The van der Waals surface area contributed by atoms with Crippen LogP contribution in [0.4, 0.5) is 0 Å². The van der Waals surface area contributed by atoms with Crippen molar-refractivity contribution in [3.05, 3.63) is 58.3 Å². The van der Waals surface area contributed by atoms with E-state index in [1.54, 1.807) is 0 Å². The number of halogens is 1. The van der Waals surface area contributed by atoms with Crippen molar-refractivity contribution in [1.29, 1.82) is 0 Å². The standard InChI is InChI=1S/C21H18BrN3O/c1-13-20(23-18-10-15(12-26)8-9-24(13)18)21-19(22)16-4-2-3-5-17(16)25(21)11-14-6-7-14/h2-5,8-10,12,14H,6-7,11H2,1H3. The van der Waals surface area contributed by atoms with E-state index in [4.69, 9.17) is 4.98 Å². The first-order valence-electron chi connectivity index (χ1n) is 8.88. The minimum atomic E-state index is 0.645. The van der Waals surface area contributed by atoms with Crippen LogP contribution >= 0.6 is 15.9 Å². The lowest BCUT2D eigenvalue weighted by atomic mass is 10.2. The van der Waals surface area contributed by atoms with E-state index in [0.717, 1.165) is 46.0 Å². The van der Waals surface area contributed by atoms with E-state index in [1.807, 2.05) is 22.7 Å². The summed E-state index contributed by atoms with van der Waals surface area (Å²) in [4.78, 5) is 16.0. The van der Waals surface area contributed by atoms with Crippen LogP contribution in [0.15, 0.2) is 47.1 Å². The SMILES string of the molecule is Cc1c(-c2c(Br)c3ccccc3n2CC2CC2)nc2cc(C=O)ccn12. The highest BCUT2D eigenvalue weighted by Gasteiger charge is 2.27. The highest BCUT2D eigenvalue weighted by Crippen LogP contribution is 2.41. The van der Waals surface area contributed by atoms with Gasteiger partial charge in [0.05, 0.1) is 10.2 Å². The maximum atomic E-state index is 11.1. The van der Waals surface area contributed by atoms with Gasteiger partial charge < -0.3 is 8.97 Å². The Balaban J connectivity index is 1.81. The molecule has 0 radical (unpaired) electrons. The van der Waals surface area contributed by atoms with Gasteiger partial charge in [-0.25, -0.2) is 4.98 Å². The third-order valence-electron chi connectivity index (χ3n) is 5.30. The minimum absolute atomic E-state index is 0.645. The molecule has 26 heavy (non-hydrogen) atoms. The average molecular weight is 408 g/mol. The van der Waals surface area contributed by atoms with Gasteiger partial charge in [0.2, 0.25) is 0 Å². The van der Waals surface area contributed by atoms with Gasteiger partial charge in [-0.3, -0.25) is 4.79 Å². The zero-order valence-corrected chi connectivity index (χ0v) is 16.0. The van der Waals surface area contributed by atoms with Crippen LogP contribution in [-0.2, 0) is 6.54 Å². The molecule has 1 aromatic carbocycles. The number of aldehydes is 1. The molecule has 0 atom stereocenters. The molecule has 4 aromatic rings. The first kappa shape index (κ1) is 15.8. The third-order valence-corrected chi connectivity index (χ3v) is 6.10. The van der Waals surface area contributed by atoms with Crippen LogP contribution < -0.4 is 0 Å². The molecular weight excluding hydrogens is 390 g/mol. The van der Waals surface area contributed by atoms with Crippen molar-refractivity contribution < 1.29 is 4.79 Å². The Hall–Kier alpha value is -2.40. The number of benzene rings is 1. The van der Waals surface area contributed by atoms with E-state index in [0.29, 0.717) is 5.56 Å². The quantitative estimate of drug-likeness (QED) is 0.433. The van der Waals surface area contributed by atoms with Crippen LogP contribution in [0.2, 0.25) is 0 Å². The number of imidazole rings is 1. The Labute approximate surface area is 159 Å². The summed E-state index contributed by atoms with van der Waals surface area (Å²) in [6.07, 6.45) is 5.39. The lowest BCUT2D eigenvalue weighted by Gasteiger charge is -2.10. The van der Waals surface area contributed by atoms with Crippen molar-refractivity contribution in [2.75, 3.05) is 0 Å². The topological polar surface area (TPSA) is 39.3 Å². The van der Waals surface area contributed by atoms with Gasteiger partial charge in [0, 0.05) is 34.9 Å². The van der Waals surface area contributed by atoms with Crippen LogP contribution in [0.1, 0.15) is 28.9 Å². The van der Waals surface area contributed by atoms with Gasteiger partial charge >= 0.3 is 0 Å². The average Bonchev–Trinajstić information content (AvgIpc) is 3.38. The summed E-state index contributed by atoms with van der Waals surface area (Å²) >= 11 is 3.84. The first-order chi connectivity index (χ1) is 12.7. The predicted molar refractivity (Wildman–Crippen MR) is 107 cm³/mol. The number of aromatic nitrogens is 3. The van der Waals surface area contributed by atoms with Gasteiger partial charge in [-0.15, -0.1) is 0 Å². The second-order valence-corrected chi connectivity index (χ2v) is 7.88. The van der Waals surface area contributed by atoms with Gasteiger partial charge in [0.15, 0.2) is 0 Å². The Morgan fingerprint density at radius 1 is 1.27 bits per heavy atom. The summed E-state index contributed by atoms with van der Waals surface area (Å²) in [6.45, 7) is 3.11. The monoisotopic (exact) mass is 407 g/mol. The molecule has 0 amide bonds. The summed E-state index contributed by atoms with van der Waals surface area (Å²) in [7, 11) is 0. The van der Waals surface area contributed by atoms with E-state index in [2.05, 4.69) is 51.7 Å². The molecule has 0 unspecified atom stereocenters. The van der Waals surface area contributed by atoms with Gasteiger partial charge in [0.1, 0.15) is 17.6 Å². The summed E-state index contributed by atoms with van der Waals surface area (Å²) in [6, 6.07) is 12.2. The summed E-state index contributed by atoms with van der Waals surface area (Å²) in [5, 5.41) is 1.22. The van der Waals surface area contributed by atoms with E-state index >= 15 is 0 Å². The zero-order valence-electron chi connectivity index (χ0n) is 14.4. The van der Waals surface area contributed by atoms with Crippen molar-refractivity contribution in [3.63, 3.8) is 0 Å². The molecule has 5 rings (SSSR count). The zero-order chi connectivity index (χ0) is 17.8. The highest BCUT2D eigenvalue weighted by molar-refractivity contribution is 9.10. The van der Waals surface area contributed by atoms with Gasteiger partial charge in [-0.2, -0.15) is 0 Å². The van der Waals surface area contributed by atoms with Gasteiger partial charge in [-0.1, -0.05) is 18.2 Å². The van der Waals surface area contributed by atoms with E-state index in [9.17, 15) is 4.79 Å². The second-order valence-electron chi connectivity index (χ2n) is 7.09. The number of carbonyl (C=O) groups excluding carboxylic acids is 1. The number of nitrogens with zero attached hydrogens (tertiary/aromatic N) is 3. The molecule has 4 nitrogen and oxygen atoms in total. The molecule has 130 valence electrons. The van der Waals surface area contributed by atoms with Crippen LogP contribution in [0.25, 0.3) is 27.9 Å². The molecule has 1 saturated carbocycles. The molecule has 1 aliphatic carbocycles. The molecule has 0 aliphatic heterocycles. The number of hydrogen-bond donors (Lipinski definition) is 0. The first-order valence-corrected chi connectivity index (χ1v) is 9.67. The lowest BCUT2D eigenvalue weighted by molar-refractivity contribution is 0.112. The number of rotatable bonds is 4. The molecule has 0 spiro atoms. The maximum absolute atomic E-state index is 11.1. The minimum Gasteiger partial charge on any atom is -0.338 e. The Bertz CT molecular complexity index is 1170. The number of fused-ring (bicyclic) bond motifs is 2. The molecule has 3 aromatic heterocycles. The number of hydrogen-bond acceptors (Lipinski definition) is 2. The number of aryl methyl sites for hydroxylation is 1. The van der Waals surface area contributed by atoms with Crippen molar-refractivity contribution in [3.8, 4) is 11.4 Å². The largest absolute Gasteiger partial charge is 0.338 e. The number of pyridine rings is 1. The van der Waals surface area contributed by atoms with Crippen LogP contribution in [0.5, 0.6) is 0 Å². The van der Waals surface area contributed by atoms with Crippen LogP contribution in [-0.4, -0.2) is 20.2 Å². The van der Waals surface area contributed by atoms with Gasteiger partial charge in [-0.05, 0) is 59.8 Å². The van der Waals surface area contributed by atoms with Crippen molar-refractivity contribution in [2.24, 2.45) is 5.92 Å². The lowest BCUT2D eigenvalue weighted by Crippen LogP contribution is -2.03. The molecule has 1 aliphatic rings. The second kappa shape index (κ2) is 5.81. The Kier molecular flexibility index (Phi) is 3.54. The van der Waals surface area contributed by atoms with E-state index in [-0.39, 0.29) is 0 Å². The van der Waals surface area contributed by atoms with Crippen LogP contribution in [0, 0.1) is 12.8 Å². The van der Waals surface area contributed by atoms with Crippen molar-refractivity contribution >= 4 is 38.8 Å². The number of para-hydroxylation sites is 1. The van der Waals surface area contributed by atoms with E-state index in [1.165, 1.54) is 23.7 Å². The third kappa shape index (κ3) is 2.34. The van der Waals surface area contributed by atoms with Crippen molar-refractivity contribution in [2.45, 2.75) is 26.3 Å². The van der Waals surface area contributed by atoms with Crippen molar-refractivity contribution in [1.82, 2.24) is 14.0 Å². The fourth-order valence-electron chi connectivity index (χ4n) is 3.72. The Morgan fingerprint density at radius 3 is 2.85 bits per heavy atom. The normalized spacial score (nSPS) is 14.4. The molecule has 0 bridgehead atoms. The molecule has 3 heterocycles. The molecule has 0 N–H and O–H groups in total. The fraction of sp³-hybridized carbons (Fsp3) is 0.238. The molecule has 1 fully saturated rings. The highest BCUT2D eigenvalue weighted by atomic mass is 79.9. The summed E-state index contributed by atoms with van der Waals surface area (Å²) in [5.41, 5.74) is 5.87. The summed E-state index contributed by atoms with van der Waals surface area (Å²) in [5.74, 6) is 0.760. The van der Waals surface area contributed by atoms with E-state index < -0.39 is 0 Å². The molecule has 0 saturated heterocycles. The fourth-order valence-corrected chi connectivity index (χ4v) is 4.46. The maximum Gasteiger partial charge on any atom is 0.150 e. The Morgan fingerprint density at radius 2 is 2.08 bits per heavy atom. The van der Waals surface area contributed by atoms with Gasteiger partial charge in [0.25, 0.3) is 0 Å². The number of carbonyl (C=O) groups is 1.